The molecule has 1 amide bonds. The molecule has 0 aliphatic heterocycles. The van der Waals surface area contributed by atoms with Gasteiger partial charge in [0.1, 0.15) is 5.78 Å². The smallest absolute Gasteiger partial charge is 0.222 e. The zero-order chi connectivity index (χ0) is 14.9. The van der Waals surface area contributed by atoms with E-state index in [-0.39, 0.29) is 17.6 Å². The summed E-state index contributed by atoms with van der Waals surface area (Å²) in [5.74, 6) is 0.522. The quantitative estimate of drug-likeness (QED) is 0.792. The van der Waals surface area contributed by atoms with Gasteiger partial charge in [0.15, 0.2) is 0 Å². The lowest BCUT2D eigenvalue weighted by atomic mass is 9.80. The molecule has 1 unspecified atom stereocenters. The monoisotopic (exact) mass is 257 g/mol. The molecule has 0 saturated heterocycles. The predicted octanol–water partition coefficient (Wildman–Crippen LogP) is 3.43. The van der Waals surface area contributed by atoms with Crippen molar-refractivity contribution in [2.75, 3.05) is 6.54 Å². The zero-order valence-electron chi connectivity index (χ0n) is 13.4. The standard InChI is InChI=1S/C13H25NO2.C2H6/c1-9(2)8-14-12(16)10(3)7-13(5,6)11(4)15;1-2/h9-10H,7-8H2,1-6H3,(H,14,16);1-2H3. The highest BCUT2D eigenvalue weighted by atomic mass is 16.2. The van der Waals surface area contributed by atoms with Crippen LogP contribution in [0.2, 0.25) is 0 Å². The largest absolute Gasteiger partial charge is 0.356 e. The van der Waals surface area contributed by atoms with Crippen molar-refractivity contribution in [2.45, 2.75) is 61.8 Å². The van der Waals surface area contributed by atoms with Crippen LogP contribution in [-0.4, -0.2) is 18.2 Å². The maximum absolute atomic E-state index is 11.7. The van der Waals surface area contributed by atoms with Crippen molar-refractivity contribution in [3.05, 3.63) is 0 Å². The molecule has 0 heterocycles. The first-order valence-electron chi connectivity index (χ1n) is 6.95. The van der Waals surface area contributed by atoms with Crippen LogP contribution in [-0.2, 0) is 9.59 Å². The molecule has 0 radical (unpaired) electrons. The Labute approximate surface area is 113 Å². The summed E-state index contributed by atoms with van der Waals surface area (Å²) in [6.45, 7) is 16.1. The first kappa shape index (κ1) is 19.5. The fourth-order valence-corrected chi connectivity index (χ4v) is 1.48. The van der Waals surface area contributed by atoms with Gasteiger partial charge < -0.3 is 5.32 Å². The maximum Gasteiger partial charge on any atom is 0.222 e. The SMILES string of the molecule is CC.CC(=O)C(C)(C)CC(C)C(=O)NCC(C)C. The van der Waals surface area contributed by atoms with E-state index in [1.807, 2.05) is 34.6 Å². The zero-order valence-corrected chi connectivity index (χ0v) is 13.4. The van der Waals surface area contributed by atoms with Crippen molar-refractivity contribution in [1.82, 2.24) is 5.32 Å². The van der Waals surface area contributed by atoms with Gasteiger partial charge in [0.05, 0.1) is 0 Å². The van der Waals surface area contributed by atoms with Gasteiger partial charge in [-0.15, -0.1) is 0 Å². The number of amides is 1. The number of carbonyl (C=O) groups excluding carboxylic acids is 2. The number of rotatable bonds is 6. The highest BCUT2D eigenvalue weighted by Crippen LogP contribution is 2.26. The van der Waals surface area contributed by atoms with E-state index < -0.39 is 5.41 Å². The minimum Gasteiger partial charge on any atom is -0.356 e. The van der Waals surface area contributed by atoms with Gasteiger partial charge in [0.2, 0.25) is 5.91 Å². The summed E-state index contributed by atoms with van der Waals surface area (Å²) < 4.78 is 0. The molecule has 18 heavy (non-hydrogen) atoms. The van der Waals surface area contributed by atoms with E-state index in [1.54, 1.807) is 6.92 Å². The van der Waals surface area contributed by atoms with E-state index >= 15 is 0 Å². The van der Waals surface area contributed by atoms with E-state index in [0.29, 0.717) is 18.9 Å². The highest BCUT2D eigenvalue weighted by Gasteiger charge is 2.28. The molecule has 0 saturated carbocycles. The second kappa shape index (κ2) is 9.12. The molecule has 0 aromatic heterocycles. The molecule has 3 heteroatoms. The average molecular weight is 257 g/mol. The van der Waals surface area contributed by atoms with Crippen LogP contribution in [0.25, 0.3) is 0 Å². The third kappa shape index (κ3) is 8.26. The van der Waals surface area contributed by atoms with Gasteiger partial charge in [0.25, 0.3) is 0 Å². The van der Waals surface area contributed by atoms with Crippen LogP contribution in [0.15, 0.2) is 0 Å². The minimum absolute atomic E-state index is 0.0445. The molecule has 108 valence electrons. The lowest BCUT2D eigenvalue weighted by Crippen LogP contribution is -2.35. The maximum atomic E-state index is 11.7. The Morgan fingerprint density at radius 3 is 1.89 bits per heavy atom. The summed E-state index contributed by atoms with van der Waals surface area (Å²) in [7, 11) is 0. The Bertz CT molecular complexity index is 257. The summed E-state index contributed by atoms with van der Waals surface area (Å²) >= 11 is 0. The highest BCUT2D eigenvalue weighted by molar-refractivity contribution is 5.83. The first-order chi connectivity index (χ1) is 8.16. The summed E-state index contributed by atoms with van der Waals surface area (Å²) in [6, 6.07) is 0. The number of Topliss-reactive ketones (excluding diaryl/α,β-unsaturated/α-hetero) is 1. The Morgan fingerprint density at radius 1 is 1.11 bits per heavy atom. The molecule has 1 N–H and O–H groups in total. The van der Waals surface area contributed by atoms with Crippen molar-refractivity contribution < 1.29 is 9.59 Å². The third-order valence-corrected chi connectivity index (χ3v) is 2.90. The molecule has 0 aromatic rings. The molecular formula is C15H31NO2. The lowest BCUT2D eigenvalue weighted by molar-refractivity contribution is -0.129. The topological polar surface area (TPSA) is 46.2 Å². The van der Waals surface area contributed by atoms with E-state index in [9.17, 15) is 9.59 Å². The van der Waals surface area contributed by atoms with Gasteiger partial charge in [-0.2, -0.15) is 0 Å². The summed E-state index contributed by atoms with van der Waals surface area (Å²) in [5.41, 5.74) is -0.408. The van der Waals surface area contributed by atoms with Crippen molar-refractivity contribution in [3.63, 3.8) is 0 Å². The van der Waals surface area contributed by atoms with Crippen LogP contribution in [0.1, 0.15) is 61.8 Å². The van der Waals surface area contributed by atoms with Crippen LogP contribution in [0.4, 0.5) is 0 Å². The van der Waals surface area contributed by atoms with Crippen molar-refractivity contribution in [2.24, 2.45) is 17.3 Å². The number of hydrogen-bond donors (Lipinski definition) is 1. The molecule has 0 aliphatic carbocycles. The minimum atomic E-state index is -0.408. The van der Waals surface area contributed by atoms with Crippen LogP contribution >= 0.6 is 0 Å². The van der Waals surface area contributed by atoms with Crippen LogP contribution in [0, 0.1) is 17.3 Å². The number of ketones is 1. The molecule has 0 aliphatic rings. The van der Waals surface area contributed by atoms with E-state index in [0.717, 1.165) is 0 Å². The molecule has 3 nitrogen and oxygen atoms in total. The molecule has 0 aromatic carbocycles. The van der Waals surface area contributed by atoms with Crippen LogP contribution < -0.4 is 5.32 Å². The fraction of sp³-hybridized carbons (Fsp3) is 0.867. The predicted molar refractivity (Wildman–Crippen MR) is 77.4 cm³/mol. The molecule has 0 rings (SSSR count). The number of hydrogen-bond acceptors (Lipinski definition) is 2. The van der Waals surface area contributed by atoms with Crippen molar-refractivity contribution in [1.29, 1.82) is 0 Å². The Balaban J connectivity index is 0. The molecule has 0 bridgehead atoms. The Kier molecular flexibility index (Phi) is 9.87. The van der Waals surface area contributed by atoms with Gasteiger partial charge in [-0.25, -0.2) is 0 Å². The fourth-order valence-electron chi connectivity index (χ4n) is 1.48. The van der Waals surface area contributed by atoms with E-state index in [4.69, 9.17) is 0 Å². The average Bonchev–Trinajstić information content (AvgIpc) is 2.27. The Hall–Kier alpha value is -0.860. The lowest BCUT2D eigenvalue weighted by Gasteiger charge is -2.24. The second-order valence-corrected chi connectivity index (χ2v) is 5.68. The molecule has 0 fully saturated rings. The molecule has 1 atom stereocenters. The normalized spacial score (nSPS) is 12.5. The summed E-state index contributed by atoms with van der Waals surface area (Å²) in [4.78, 5) is 23.1. The molecular weight excluding hydrogens is 226 g/mol. The van der Waals surface area contributed by atoms with Gasteiger partial charge in [-0.1, -0.05) is 48.5 Å². The Morgan fingerprint density at radius 2 is 1.56 bits per heavy atom. The third-order valence-electron chi connectivity index (χ3n) is 2.90. The van der Waals surface area contributed by atoms with Gasteiger partial charge in [-0.3, -0.25) is 9.59 Å². The van der Waals surface area contributed by atoms with E-state index in [2.05, 4.69) is 19.2 Å². The van der Waals surface area contributed by atoms with Crippen molar-refractivity contribution >= 4 is 11.7 Å². The van der Waals surface area contributed by atoms with Gasteiger partial charge in [-0.05, 0) is 19.3 Å². The van der Waals surface area contributed by atoms with Crippen LogP contribution in [0.3, 0.4) is 0 Å². The summed E-state index contributed by atoms with van der Waals surface area (Å²) in [6.07, 6.45) is 0.603. The van der Waals surface area contributed by atoms with Crippen LogP contribution in [0.5, 0.6) is 0 Å². The van der Waals surface area contributed by atoms with Gasteiger partial charge in [0, 0.05) is 17.9 Å². The van der Waals surface area contributed by atoms with Gasteiger partial charge >= 0.3 is 0 Å². The van der Waals surface area contributed by atoms with E-state index in [1.165, 1.54) is 0 Å². The second-order valence-electron chi connectivity index (χ2n) is 5.68. The van der Waals surface area contributed by atoms with Crippen molar-refractivity contribution in [3.8, 4) is 0 Å². The number of nitrogens with one attached hydrogen (secondary N) is 1. The molecule has 0 spiro atoms. The number of carbonyl (C=O) groups is 2. The first-order valence-corrected chi connectivity index (χ1v) is 6.95. The summed E-state index contributed by atoms with van der Waals surface area (Å²) in [5, 5.41) is 2.89.